The van der Waals surface area contributed by atoms with Crippen LogP contribution in [0.4, 0.5) is 18.0 Å². The van der Waals surface area contributed by atoms with Gasteiger partial charge in [0.2, 0.25) is 0 Å². The maximum Gasteiger partial charge on any atom is 0.410 e. The zero-order valence-electron chi connectivity index (χ0n) is 10.6. The van der Waals surface area contributed by atoms with Crippen molar-refractivity contribution in [3.63, 3.8) is 0 Å². The summed E-state index contributed by atoms with van der Waals surface area (Å²) >= 11 is 0. The molecule has 1 saturated heterocycles. The highest BCUT2D eigenvalue weighted by molar-refractivity contribution is 5.68. The number of rotatable bonds is 0. The van der Waals surface area contributed by atoms with E-state index < -0.39 is 36.4 Å². The van der Waals surface area contributed by atoms with Crippen LogP contribution in [-0.4, -0.2) is 47.1 Å². The van der Waals surface area contributed by atoms with Crippen LogP contribution in [0.25, 0.3) is 0 Å². The molecule has 2 atom stereocenters. The van der Waals surface area contributed by atoms with Gasteiger partial charge in [0.05, 0.1) is 12.0 Å². The van der Waals surface area contributed by atoms with Gasteiger partial charge in [-0.2, -0.15) is 13.2 Å². The number of β-amino-alcohol motifs (C(OH)–C–C–N with tert-alkyl or cyclic N) is 1. The van der Waals surface area contributed by atoms with E-state index in [0.29, 0.717) is 0 Å². The van der Waals surface area contributed by atoms with Gasteiger partial charge in [0.1, 0.15) is 5.60 Å². The molecular formula is C11H18F3NO3. The first kappa shape index (κ1) is 15.1. The van der Waals surface area contributed by atoms with E-state index in [1.807, 2.05) is 0 Å². The lowest BCUT2D eigenvalue weighted by atomic mass is 9.96. The average molecular weight is 269 g/mol. The monoisotopic (exact) mass is 269 g/mol. The second-order valence-corrected chi connectivity index (χ2v) is 5.51. The number of carbonyl (C=O) groups excluding carboxylic acids is 1. The molecule has 1 fully saturated rings. The molecule has 0 aromatic heterocycles. The third-order valence-electron chi connectivity index (χ3n) is 2.54. The SMILES string of the molecule is CC(C)(C)OC(=O)N1C[C@@H](O)C[C@@H](C(F)(F)F)C1. The van der Waals surface area contributed by atoms with Crippen LogP contribution in [0, 0.1) is 5.92 Å². The largest absolute Gasteiger partial charge is 0.444 e. The Morgan fingerprint density at radius 3 is 2.28 bits per heavy atom. The highest BCUT2D eigenvalue weighted by atomic mass is 19.4. The number of alkyl halides is 3. The number of amides is 1. The zero-order valence-corrected chi connectivity index (χ0v) is 10.6. The van der Waals surface area contributed by atoms with Crippen molar-refractivity contribution in [2.24, 2.45) is 5.92 Å². The molecule has 1 heterocycles. The fourth-order valence-electron chi connectivity index (χ4n) is 1.79. The molecule has 1 rings (SSSR count). The number of carbonyl (C=O) groups is 1. The number of aliphatic hydroxyl groups excluding tert-OH is 1. The van der Waals surface area contributed by atoms with Crippen molar-refractivity contribution in [2.45, 2.75) is 45.1 Å². The van der Waals surface area contributed by atoms with E-state index >= 15 is 0 Å². The number of halogens is 3. The van der Waals surface area contributed by atoms with Crippen LogP contribution < -0.4 is 0 Å². The summed E-state index contributed by atoms with van der Waals surface area (Å²) in [5, 5.41) is 9.41. The first-order valence-electron chi connectivity index (χ1n) is 5.72. The highest BCUT2D eigenvalue weighted by Gasteiger charge is 2.45. The average Bonchev–Trinajstić information content (AvgIpc) is 2.12. The Morgan fingerprint density at radius 1 is 1.28 bits per heavy atom. The van der Waals surface area contributed by atoms with Crippen molar-refractivity contribution in [3.8, 4) is 0 Å². The van der Waals surface area contributed by atoms with Gasteiger partial charge in [0.15, 0.2) is 0 Å². The molecule has 7 heteroatoms. The normalized spacial score (nSPS) is 26.1. The van der Waals surface area contributed by atoms with Crippen LogP contribution in [-0.2, 0) is 4.74 Å². The van der Waals surface area contributed by atoms with Gasteiger partial charge in [-0.25, -0.2) is 4.79 Å². The molecule has 0 radical (unpaired) electrons. The number of piperidine rings is 1. The summed E-state index contributed by atoms with van der Waals surface area (Å²) in [5.74, 6) is -1.70. The molecular weight excluding hydrogens is 251 g/mol. The molecule has 0 spiro atoms. The molecule has 0 unspecified atom stereocenters. The fraction of sp³-hybridized carbons (Fsp3) is 0.909. The highest BCUT2D eigenvalue weighted by Crippen LogP contribution is 2.33. The number of hydrogen-bond donors (Lipinski definition) is 1. The van der Waals surface area contributed by atoms with Gasteiger partial charge in [-0.3, -0.25) is 0 Å². The molecule has 4 nitrogen and oxygen atoms in total. The van der Waals surface area contributed by atoms with Gasteiger partial charge >= 0.3 is 12.3 Å². The maximum absolute atomic E-state index is 12.6. The van der Waals surface area contributed by atoms with Crippen molar-refractivity contribution in [3.05, 3.63) is 0 Å². The van der Waals surface area contributed by atoms with Gasteiger partial charge in [-0.1, -0.05) is 0 Å². The fourth-order valence-corrected chi connectivity index (χ4v) is 1.79. The minimum atomic E-state index is -4.42. The zero-order chi connectivity index (χ0) is 14.1. The minimum absolute atomic E-state index is 0.124. The lowest BCUT2D eigenvalue weighted by molar-refractivity contribution is -0.194. The summed E-state index contributed by atoms with van der Waals surface area (Å²) in [6.07, 6.45) is -6.78. The third-order valence-corrected chi connectivity index (χ3v) is 2.54. The standard InChI is InChI=1S/C11H18F3NO3/c1-10(2,3)18-9(17)15-5-7(11(12,13)14)4-8(16)6-15/h7-8,16H,4-6H2,1-3H3/t7-,8+/m1/s1. The molecule has 0 saturated carbocycles. The first-order valence-corrected chi connectivity index (χ1v) is 5.72. The molecule has 0 aliphatic carbocycles. The third kappa shape index (κ3) is 4.36. The lowest BCUT2D eigenvalue weighted by Crippen LogP contribution is -2.51. The van der Waals surface area contributed by atoms with Crippen LogP contribution in [0.5, 0.6) is 0 Å². The second kappa shape index (κ2) is 4.95. The Kier molecular flexibility index (Phi) is 4.15. The van der Waals surface area contributed by atoms with E-state index in [-0.39, 0.29) is 13.0 Å². The van der Waals surface area contributed by atoms with Gasteiger partial charge in [-0.05, 0) is 27.2 Å². The predicted octanol–water partition coefficient (Wildman–Crippen LogP) is 2.17. The van der Waals surface area contributed by atoms with E-state index in [0.717, 1.165) is 4.90 Å². The quantitative estimate of drug-likeness (QED) is 0.733. The van der Waals surface area contributed by atoms with Crippen LogP contribution in [0.2, 0.25) is 0 Å². The summed E-state index contributed by atoms with van der Waals surface area (Å²) in [6.45, 7) is 4.31. The van der Waals surface area contributed by atoms with Crippen LogP contribution in [0.15, 0.2) is 0 Å². The van der Waals surface area contributed by atoms with Crippen LogP contribution >= 0.6 is 0 Å². The van der Waals surface area contributed by atoms with E-state index in [2.05, 4.69) is 0 Å². The number of ether oxygens (including phenoxy) is 1. The molecule has 1 aliphatic rings. The molecule has 1 aliphatic heterocycles. The summed E-state index contributed by atoms with van der Waals surface area (Å²) in [7, 11) is 0. The molecule has 0 bridgehead atoms. The molecule has 18 heavy (non-hydrogen) atoms. The first-order chi connectivity index (χ1) is 7.99. The Labute approximate surface area is 104 Å². The van der Waals surface area contributed by atoms with E-state index in [4.69, 9.17) is 4.74 Å². The van der Waals surface area contributed by atoms with E-state index in [9.17, 15) is 23.1 Å². The number of likely N-dealkylation sites (tertiary alicyclic amines) is 1. The van der Waals surface area contributed by atoms with Crippen LogP contribution in [0.1, 0.15) is 27.2 Å². The maximum atomic E-state index is 12.6. The predicted molar refractivity (Wildman–Crippen MR) is 58.0 cm³/mol. The van der Waals surface area contributed by atoms with Gasteiger partial charge in [0.25, 0.3) is 0 Å². The Balaban J connectivity index is 2.69. The van der Waals surface area contributed by atoms with Crippen molar-refractivity contribution >= 4 is 6.09 Å². The lowest BCUT2D eigenvalue weighted by Gasteiger charge is -2.37. The Bertz CT molecular complexity index is 312. The molecule has 1 amide bonds. The smallest absolute Gasteiger partial charge is 0.410 e. The van der Waals surface area contributed by atoms with E-state index in [1.165, 1.54) is 0 Å². The van der Waals surface area contributed by atoms with Crippen molar-refractivity contribution in [1.29, 1.82) is 0 Å². The van der Waals surface area contributed by atoms with Gasteiger partial charge in [0, 0.05) is 13.1 Å². The Morgan fingerprint density at radius 2 is 1.83 bits per heavy atom. The second-order valence-electron chi connectivity index (χ2n) is 5.51. The summed E-state index contributed by atoms with van der Waals surface area (Å²) in [5.41, 5.74) is -0.771. The summed E-state index contributed by atoms with van der Waals surface area (Å²) in [4.78, 5) is 12.6. The number of hydrogen-bond acceptors (Lipinski definition) is 3. The van der Waals surface area contributed by atoms with Crippen LogP contribution in [0.3, 0.4) is 0 Å². The topological polar surface area (TPSA) is 49.8 Å². The van der Waals surface area contributed by atoms with Crippen molar-refractivity contribution in [1.82, 2.24) is 4.90 Å². The number of aliphatic hydroxyl groups is 1. The molecule has 0 aromatic rings. The Hall–Kier alpha value is -0.980. The van der Waals surface area contributed by atoms with Gasteiger partial charge in [-0.15, -0.1) is 0 Å². The molecule has 0 aromatic carbocycles. The van der Waals surface area contributed by atoms with Gasteiger partial charge < -0.3 is 14.7 Å². The minimum Gasteiger partial charge on any atom is -0.444 e. The molecule has 106 valence electrons. The van der Waals surface area contributed by atoms with E-state index in [1.54, 1.807) is 20.8 Å². The molecule has 1 N–H and O–H groups in total. The summed E-state index contributed by atoms with van der Waals surface area (Å²) in [6, 6.07) is 0. The van der Waals surface area contributed by atoms with Crippen molar-refractivity contribution < 1.29 is 27.8 Å². The number of nitrogens with zero attached hydrogens (tertiary/aromatic N) is 1. The van der Waals surface area contributed by atoms with Crippen molar-refractivity contribution in [2.75, 3.05) is 13.1 Å². The summed E-state index contributed by atoms with van der Waals surface area (Å²) < 4.78 is 42.8.